The number of ether oxygens (including phenoxy) is 2. The number of amides is 2. The first kappa shape index (κ1) is 32.5. The molecule has 3 heterocycles. The van der Waals surface area contributed by atoms with Crippen molar-refractivity contribution in [2.45, 2.75) is 56.9 Å². The number of anilines is 1. The number of nitrogens with one attached hydrogen (secondary N) is 2. The molecular formula is C33H29ClF4N4O5. The minimum atomic E-state index is -5.31. The quantitative estimate of drug-likeness (QED) is 0.182. The highest BCUT2D eigenvalue weighted by Crippen LogP contribution is 2.48. The van der Waals surface area contributed by atoms with Crippen LogP contribution < -0.4 is 15.4 Å². The van der Waals surface area contributed by atoms with Gasteiger partial charge < -0.3 is 19.9 Å². The average molecular weight is 673 g/mol. The predicted octanol–water partition coefficient (Wildman–Crippen LogP) is 6.96. The number of aromatic nitrogens is 2. The number of rotatable bonds is 7. The van der Waals surface area contributed by atoms with Crippen molar-refractivity contribution in [3.63, 3.8) is 0 Å². The Hall–Kier alpha value is -4.49. The molecule has 2 aromatic carbocycles. The fourth-order valence-corrected chi connectivity index (χ4v) is 5.45. The predicted molar refractivity (Wildman–Crippen MR) is 165 cm³/mol. The number of aliphatic hydroxyl groups is 1. The van der Waals surface area contributed by atoms with Gasteiger partial charge in [0.05, 0.1) is 35.1 Å². The maximum atomic E-state index is 14.8. The van der Waals surface area contributed by atoms with Gasteiger partial charge in [0.25, 0.3) is 5.91 Å². The Morgan fingerprint density at radius 2 is 1.89 bits per heavy atom. The van der Waals surface area contributed by atoms with Crippen LogP contribution in [0.15, 0.2) is 48.7 Å². The van der Waals surface area contributed by atoms with Gasteiger partial charge in [0.1, 0.15) is 23.4 Å². The fourth-order valence-electron chi connectivity index (χ4n) is 5.27. The molecule has 47 heavy (non-hydrogen) atoms. The van der Waals surface area contributed by atoms with Crippen molar-refractivity contribution in [1.82, 2.24) is 15.3 Å². The molecule has 2 aromatic heterocycles. The van der Waals surface area contributed by atoms with Crippen LogP contribution in [0.1, 0.15) is 53.9 Å². The third kappa shape index (κ3) is 6.29. The number of benzene rings is 2. The molecule has 6 rings (SSSR count). The summed E-state index contributed by atoms with van der Waals surface area (Å²) in [4.78, 5) is 34.3. The zero-order valence-electron chi connectivity index (χ0n) is 25.4. The molecule has 1 fully saturated rings. The Morgan fingerprint density at radius 3 is 2.57 bits per heavy atom. The molecule has 2 amide bonds. The van der Waals surface area contributed by atoms with E-state index >= 15 is 0 Å². The topological polar surface area (TPSA) is 123 Å². The number of aryl methyl sites for hydroxylation is 1. The van der Waals surface area contributed by atoms with Crippen LogP contribution in [0.25, 0.3) is 22.2 Å². The number of carbonyl (C=O) groups excluding carboxylic acids is 2. The lowest BCUT2D eigenvalue weighted by Crippen LogP contribution is -2.51. The van der Waals surface area contributed by atoms with Crippen LogP contribution in [-0.4, -0.2) is 52.5 Å². The van der Waals surface area contributed by atoms with Crippen LogP contribution in [0.4, 0.5) is 28.0 Å². The number of nitrogens with zero attached hydrogens (tertiary/aromatic N) is 2. The van der Waals surface area contributed by atoms with Gasteiger partial charge in [-0.3, -0.25) is 15.1 Å². The van der Waals surface area contributed by atoms with Crippen molar-refractivity contribution in [3.8, 4) is 17.0 Å². The monoisotopic (exact) mass is 672 g/mol. The first-order valence-corrected chi connectivity index (χ1v) is 15.0. The van der Waals surface area contributed by atoms with Crippen molar-refractivity contribution in [2.75, 3.05) is 18.5 Å². The lowest BCUT2D eigenvalue weighted by atomic mass is 9.84. The second-order valence-electron chi connectivity index (χ2n) is 12.4. The Labute approximate surface area is 271 Å². The summed E-state index contributed by atoms with van der Waals surface area (Å²) in [6, 6.07) is 9.03. The average Bonchev–Trinajstić information content (AvgIpc) is 3.76. The van der Waals surface area contributed by atoms with Gasteiger partial charge in [0.15, 0.2) is 0 Å². The Bertz CT molecular complexity index is 1930. The lowest BCUT2D eigenvalue weighted by Gasteiger charge is -2.31. The Morgan fingerprint density at radius 1 is 1.15 bits per heavy atom. The van der Waals surface area contributed by atoms with Gasteiger partial charge in [-0.15, -0.1) is 0 Å². The van der Waals surface area contributed by atoms with Gasteiger partial charge in [-0.1, -0.05) is 25.4 Å². The van der Waals surface area contributed by atoms with E-state index in [1.807, 2.05) is 0 Å². The van der Waals surface area contributed by atoms with Gasteiger partial charge in [0, 0.05) is 33.7 Å². The smallest absolute Gasteiger partial charge is 0.424 e. The minimum Gasteiger partial charge on any atom is -0.490 e. The van der Waals surface area contributed by atoms with Gasteiger partial charge in [0.2, 0.25) is 5.60 Å². The van der Waals surface area contributed by atoms with Crippen LogP contribution in [-0.2, 0) is 15.8 Å². The summed E-state index contributed by atoms with van der Waals surface area (Å²) in [6.45, 7) is 4.06. The molecule has 1 atom stereocenters. The Balaban J connectivity index is 1.37. The molecular weight excluding hydrogens is 644 g/mol. The van der Waals surface area contributed by atoms with Crippen molar-refractivity contribution in [2.24, 2.45) is 0 Å². The normalized spacial score (nSPS) is 16.6. The zero-order valence-corrected chi connectivity index (χ0v) is 26.1. The summed E-state index contributed by atoms with van der Waals surface area (Å²) in [6.07, 6.45) is -3.24. The van der Waals surface area contributed by atoms with Crippen molar-refractivity contribution in [1.29, 1.82) is 0 Å². The van der Waals surface area contributed by atoms with E-state index in [1.54, 1.807) is 33.0 Å². The van der Waals surface area contributed by atoms with Crippen LogP contribution in [0.3, 0.4) is 0 Å². The molecule has 1 aliphatic heterocycles. The van der Waals surface area contributed by atoms with Gasteiger partial charge in [-0.2, -0.15) is 13.2 Å². The highest BCUT2D eigenvalue weighted by molar-refractivity contribution is 6.31. The molecule has 1 aliphatic carbocycles. The maximum absolute atomic E-state index is 14.8. The SMILES string of the molecule is Cc1cnc2c(NC(=O)OC3CC3)cc(C(=O)NC[C@](O)(c3cc4c(c(-c5ccc(F)c(Cl)c5)n3)OCC4(C)C)C(F)(F)F)cc2c1. The van der Waals surface area contributed by atoms with E-state index in [2.05, 4.69) is 20.6 Å². The van der Waals surface area contributed by atoms with E-state index in [9.17, 15) is 32.3 Å². The first-order chi connectivity index (χ1) is 22.1. The first-order valence-electron chi connectivity index (χ1n) is 14.7. The number of fused-ring (bicyclic) bond motifs is 2. The number of halogens is 5. The number of hydrogen-bond acceptors (Lipinski definition) is 7. The van der Waals surface area contributed by atoms with Crippen molar-refractivity contribution in [3.05, 3.63) is 81.9 Å². The third-order valence-corrected chi connectivity index (χ3v) is 8.38. The molecule has 0 spiro atoms. The summed E-state index contributed by atoms with van der Waals surface area (Å²) in [5, 5.41) is 16.3. The summed E-state index contributed by atoms with van der Waals surface area (Å²) >= 11 is 5.97. The van der Waals surface area contributed by atoms with Crippen LogP contribution in [0.5, 0.6) is 5.75 Å². The van der Waals surface area contributed by atoms with Crippen molar-refractivity contribution >= 4 is 40.2 Å². The molecule has 1 saturated carbocycles. The molecule has 0 saturated heterocycles. The van der Waals surface area contributed by atoms with E-state index in [0.717, 1.165) is 30.5 Å². The fraction of sp³-hybridized carbons (Fsp3) is 0.333. The number of pyridine rings is 2. The van der Waals surface area contributed by atoms with E-state index in [0.29, 0.717) is 16.5 Å². The van der Waals surface area contributed by atoms with Gasteiger partial charge in [-0.25, -0.2) is 14.2 Å². The van der Waals surface area contributed by atoms with Crippen molar-refractivity contribution < 1.29 is 41.7 Å². The highest BCUT2D eigenvalue weighted by Gasteiger charge is 2.57. The summed E-state index contributed by atoms with van der Waals surface area (Å²) < 4.78 is 69.4. The largest absolute Gasteiger partial charge is 0.490 e. The third-order valence-electron chi connectivity index (χ3n) is 8.09. The van der Waals surface area contributed by atoms with E-state index in [1.165, 1.54) is 24.3 Å². The second kappa shape index (κ2) is 11.6. The number of carbonyl (C=O) groups is 2. The molecule has 4 aromatic rings. The highest BCUT2D eigenvalue weighted by atomic mass is 35.5. The molecule has 14 heteroatoms. The molecule has 246 valence electrons. The standard InChI is InChI=1S/C33H29ClF4N4O5/c1-16-8-18-9-19(11-24(26(18)39-13-16)41-30(44)47-20-5-6-20)29(43)40-14-32(45,33(36,37)38)25-12-21-28(46-15-31(21,2)3)27(42-25)17-4-7-23(35)22(34)10-17/h4,7-13,20,45H,5-6,14-15H2,1-3H3,(H,40,43)(H,41,44)/t32-/m0/s1. The van der Waals surface area contributed by atoms with Crippen LogP contribution in [0, 0.1) is 12.7 Å². The zero-order chi connectivity index (χ0) is 33.9. The van der Waals surface area contributed by atoms with E-state index < -0.39 is 47.2 Å². The molecule has 0 unspecified atom stereocenters. The lowest BCUT2D eigenvalue weighted by molar-refractivity contribution is -0.265. The summed E-state index contributed by atoms with van der Waals surface area (Å²) in [5.74, 6) is -1.53. The number of hydrogen-bond donors (Lipinski definition) is 3. The van der Waals surface area contributed by atoms with E-state index in [-0.39, 0.29) is 46.0 Å². The van der Waals surface area contributed by atoms with Crippen LogP contribution >= 0.6 is 11.6 Å². The second-order valence-corrected chi connectivity index (χ2v) is 12.8. The van der Waals surface area contributed by atoms with Gasteiger partial charge >= 0.3 is 12.3 Å². The van der Waals surface area contributed by atoms with Crippen LogP contribution in [0.2, 0.25) is 5.02 Å². The maximum Gasteiger partial charge on any atom is 0.424 e. The Kier molecular flexibility index (Phi) is 8.03. The number of alkyl halides is 3. The molecule has 2 aliphatic rings. The van der Waals surface area contributed by atoms with Gasteiger partial charge in [-0.05, 0) is 67.8 Å². The molecule has 0 bridgehead atoms. The minimum absolute atomic E-state index is 0.0785. The molecule has 9 nitrogen and oxygen atoms in total. The van der Waals surface area contributed by atoms with E-state index in [4.69, 9.17) is 21.1 Å². The molecule has 3 N–H and O–H groups in total. The summed E-state index contributed by atoms with van der Waals surface area (Å²) in [7, 11) is 0. The molecule has 0 radical (unpaired) electrons. The summed E-state index contributed by atoms with van der Waals surface area (Å²) in [5.41, 5.74) is -3.73.